The molecule has 1 aliphatic heterocycles. The molecule has 1 atom stereocenters. The molecule has 30 heavy (non-hydrogen) atoms. The third-order valence-electron chi connectivity index (χ3n) is 5.66. The van der Waals surface area contributed by atoms with Crippen molar-refractivity contribution < 1.29 is 18.9 Å². The third kappa shape index (κ3) is 5.02. The molecule has 2 amide bonds. The summed E-state index contributed by atoms with van der Waals surface area (Å²) in [6.45, 7) is 2.64. The van der Waals surface area contributed by atoms with Gasteiger partial charge >= 0.3 is 6.09 Å². The first-order chi connectivity index (χ1) is 14.6. The monoisotopic (exact) mass is 427 g/mol. The summed E-state index contributed by atoms with van der Waals surface area (Å²) in [4.78, 5) is 26.0. The van der Waals surface area contributed by atoms with E-state index in [-0.39, 0.29) is 31.1 Å². The number of carbonyl (C=O) groups excluding carboxylic acids is 2. The van der Waals surface area contributed by atoms with Crippen LogP contribution in [0.5, 0.6) is 0 Å². The zero-order chi connectivity index (χ0) is 21.4. The lowest BCUT2D eigenvalue weighted by Crippen LogP contribution is -2.36. The summed E-state index contributed by atoms with van der Waals surface area (Å²) in [5.74, 6) is -0.301. The molecule has 0 bridgehead atoms. The van der Waals surface area contributed by atoms with Gasteiger partial charge in [-0.25, -0.2) is 9.69 Å². The molecule has 2 aromatic carbocycles. The zero-order valence-corrected chi connectivity index (χ0v) is 18.4. The van der Waals surface area contributed by atoms with Crippen molar-refractivity contribution in [3.8, 4) is 0 Å². The number of cyclic esters (lactones) is 1. The molecule has 3 rings (SSSR count). The highest BCUT2D eigenvalue weighted by Crippen LogP contribution is 2.52. The van der Waals surface area contributed by atoms with Crippen LogP contribution in [0.25, 0.3) is 0 Å². The van der Waals surface area contributed by atoms with Gasteiger partial charge in [-0.3, -0.25) is 4.79 Å². The summed E-state index contributed by atoms with van der Waals surface area (Å²) in [7, 11) is -3.10. The van der Waals surface area contributed by atoms with Gasteiger partial charge in [0.25, 0.3) is 0 Å². The summed E-state index contributed by atoms with van der Waals surface area (Å²) in [6, 6.07) is 18.9. The molecular weight excluding hydrogens is 397 g/mol. The van der Waals surface area contributed by atoms with E-state index in [9.17, 15) is 14.2 Å². The molecule has 6 heteroatoms. The Kier molecular flexibility index (Phi) is 7.87. The lowest BCUT2D eigenvalue weighted by Gasteiger charge is -2.29. The van der Waals surface area contributed by atoms with Gasteiger partial charge in [0.2, 0.25) is 5.91 Å². The van der Waals surface area contributed by atoms with Crippen LogP contribution in [0.2, 0.25) is 0 Å². The number of amides is 2. The van der Waals surface area contributed by atoms with Crippen molar-refractivity contribution >= 4 is 29.8 Å². The van der Waals surface area contributed by atoms with Crippen LogP contribution in [-0.2, 0) is 14.1 Å². The van der Waals surface area contributed by atoms with Crippen LogP contribution in [0, 0.1) is 0 Å². The van der Waals surface area contributed by atoms with Gasteiger partial charge in [-0.05, 0) is 6.42 Å². The highest BCUT2D eigenvalue weighted by Gasteiger charge is 2.39. The number of rotatable bonds is 10. The normalized spacial score (nSPS) is 15.1. The molecular formula is C24H30NO4P. The van der Waals surface area contributed by atoms with E-state index in [1.165, 1.54) is 0 Å². The molecule has 0 aromatic heterocycles. The van der Waals surface area contributed by atoms with Crippen molar-refractivity contribution in [2.24, 2.45) is 0 Å². The Labute approximate surface area is 178 Å². The number of hydrogen-bond acceptors (Lipinski definition) is 4. The van der Waals surface area contributed by atoms with Crippen LogP contribution < -0.4 is 10.6 Å². The number of hydrogen-bond donors (Lipinski definition) is 0. The van der Waals surface area contributed by atoms with Gasteiger partial charge in [0.05, 0.1) is 6.54 Å². The van der Waals surface area contributed by atoms with Crippen LogP contribution in [0.1, 0.15) is 45.4 Å². The number of carbonyl (C=O) groups is 2. The largest absolute Gasteiger partial charge is 0.447 e. The van der Waals surface area contributed by atoms with Gasteiger partial charge in [-0.15, -0.1) is 0 Å². The maximum absolute atomic E-state index is 14.7. The quantitative estimate of drug-likeness (QED) is 0.407. The predicted octanol–water partition coefficient (Wildman–Crippen LogP) is 4.71. The van der Waals surface area contributed by atoms with Crippen molar-refractivity contribution in [2.75, 3.05) is 13.2 Å². The van der Waals surface area contributed by atoms with Crippen LogP contribution in [0.3, 0.4) is 0 Å². The first-order valence-electron chi connectivity index (χ1n) is 10.8. The summed E-state index contributed by atoms with van der Waals surface area (Å²) >= 11 is 0. The third-order valence-corrected chi connectivity index (χ3v) is 9.26. The van der Waals surface area contributed by atoms with Crippen molar-refractivity contribution in [3.63, 3.8) is 0 Å². The van der Waals surface area contributed by atoms with E-state index in [1.54, 1.807) is 0 Å². The van der Waals surface area contributed by atoms with Crippen molar-refractivity contribution in [2.45, 2.75) is 51.1 Å². The van der Waals surface area contributed by atoms with Gasteiger partial charge in [0.15, 0.2) is 0 Å². The SMILES string of the molecule is CCCCCC[C@H](CC(=O)N1CCOC1=O)P(=O)(c1ccccc1)c1ccccc1. The minimum absolute atomic E-state index is 0.0717. The fourth-order valence-corrected chi connectivity index (χ4v) is 7.35. The summed E-state index contributed by atoms with van der Waals surface area (Å²) < 4.78 is 19.7. The average Bonchev–Trinajstić information content (AvgIpc) is 3.22. The molecule has 0 aliphatic carbocycles. The van der Waals surface area contributed by atoms with Crippen molar-refractivity contribution in [1.29, 1.82) is 0 Å². The minimum Gasteiger partial charge on any atom is -0.447 e. The molecule has 5 nitrogen and oxygen atoms in total. The molecule has 0 radical (unpaired) electrons. The highest BCUT2D eigenvalue weighted by atomic mass is 31.2. The highest BCUT2D eigenvalue weighted by molar-refractivity contribution is 7.79. The molecule has 0 saturated carbocycles. The van der Waals surface area contributed by atoms with E-state index in [4.69, 9.17) is 4.74 Å². The van der Waals surface area contributed by atoms with E-state index >= 15 is 0 Å². The van der Waals surface area contributed by atoms with Crippen LogP contribution in [-0.4, -0.2) is 35.7 Å². The van der Waals surface area contributed by atoms with Crippen molar-refractivity contribution in [3.05, 3.63) is 60.7 Å². The van der Waals surface area contributed by atoms with E-state index in [1.807, 2.05) is 60.7 Å². The number of nitrogens with zero attached hydrogens (tertiary/aromatic N) is 1. The fourth-order valence-electron chi connectivity index (χ4n) is 4.02. The lowest BCUT2D eigenvalue weighted by atomic mass is 10.1. The van der Waals surface area contributed by atoms with Gasteiger partial charge in [-0.1, -0.05) is 93.3 Å². The Bertz CT molecular complexity index is 841. The first kappa shape index (κ1) is 22.3. The minimum atomic E-state index is -3.10. The molecule has 1 saturated heterocycles. The number of ether oxygens (including phenoxy) is 1. The Morgan fingerprint density at radius 3 is 2.10 bits per heavy atom. The smallest absolute Gasteiger partial charge is 0.416 e. The van der Waals surface area contributed by atoms with Gasteiger partial charge in [0.1, 0.15) is 13.7 Å². The number of unbranched alkanes of at least 4 members (excludes halogenated alkanes) is 3. The van der Waals surface area contributed by atoms with E-state index in [2.05, 4.69) is 6.92 Å². The molecule has 1 heterocycles. The average molecular weight is 427 g/mol. The summed E-state index contributed by atoms with van der Waals surface area (Å²) in [5.41, 5.74) is -0.361. The topological polar surface area (TPSA) is 63.7 Å². The maximum atomic E-state index is 14.7. The zero-order valence-electron chi connectivity index (χ0n) is 17.5. The summed E-state index contributed by atoms with van der Waals surface area (Å²) in [5, 5.41) is 1.52. The molecule has 0 N–H and O–H groups in total. The van der Waals surface area contributed by atoms with E-state index in [0.29, 0.717) is 6.42 Å². The number of imide groups is 1. The maximum Gasteiger partial charge on any atom is 0.416 e. The molecule has 0 unspecified atom stereocenters. The second kappa shape index (κ2) is 10.6. The fraction of sp³-hybridized carbons (Fsp3) is 0.417. The Balaban J connectivity index is 1.96. The molecule has 1 aliphatic rings. The van der Waals surface area contributed by atoms with E-state index in [0.717, 1.165) is 41.2 Å². The molecule has 0 spiro atoms. The standard InChI is InChI=1S/C24H30NO4P/c1-2-3-4-7-16-22(19-23(26)25-17-18-29-24(25)27)30(28,20-12-8-5-9-13-20)21-14-10-6-11-15-21/h5-6,8-15,22H,2-4,7,16-19H2,1H3/t22-/m1/s1. The van der Waals surface area contributed by atoms with Crippen LogP contribution in [0.15, 0.2) is 60.7 Å². The van der Waals surface area contributed by atoms with Crippen LogP contribution in [0.4, 0.5) is 4.79 Å². The Hall–Kier alpha value is -2.39. The first-order valence-corrected chi connectivity index (χ1v) is 12.5. The van der Waals surface area contributed by atoms with Gasteiger partial charge < -0.3 is 9.30 Å². The van der Waals surface area contributed by atoms with Gasteiger partial charge in [-0.2, -0.15) is 0 Å². The van der Waals surface area contributed by atoms with Crippen LogP contribution >= 0.6 is 7.14 Å². The van der Waals surface area contributed by atoms with Gasteiger partial charge in [0, 0.05) is 22.7 Å². The van der Waals surface area contributed by atoms with E-state index < -0.39 is 13.2 Å². The molecule has 2 aromatic rings. The lowest BCUT2D eigenvalue weighted by molar-refractivity contribution is -0.127. The van der Waals surface area contributed by atoms with Crippen molar-refractivity contribution in [1.82, 2.24) is 4.90 Å². The second-order valence-electron chi connectivity index (χ2n) is 7.70. The molecule has 1 fully saturated rings. The molecule has 160 valence electrons. The summed E-state index contributed by atoms with van der Waals surface area (Å²) in [6.07, 6.45) is 4.31. The predicted molar refractivity (Wildman–Crippen MR) is 120 cm³/mol. The second-order valence-corrected chi connectivity index (χ2v) is 10.8. The Morgan fingerprint density at radius 2 is 1.60 bits per heavy atom. The number of benzene rings is 2. The Morgan fingerprint density at radius 1 is 1.00 bits per heavy atom.